The first kappa shape index (κ1) is 18.4. The molecule has 0 bridgehead atoms. The molecule has 0 saturated carbocycles. The van der Waals surface area contributed by atoms with Crippen LogP contribution in [-0.4, -0.2) is 0 Å². The Labute approximate surface area is 184 Å². The molecule has 6 rings (SSSR count). The summed E-state index contributed by atoms with van der Waals surface area (Å²) in [6.07, 6.45) is 5.06. The molecule has 0 saturated heterocycles. The molecule has 0 atom stereocenters. The summed E-state index contributed by atoms with van der Waals surface area (Å²) in [4.78, 5) is 0. The Morgan fingerprint density at radius 1 is 0.645 bits per heavy atom. The van der Waals surface area contributed by atoms with Gasteiger partial charge < -0.3 is 0 Å². The van der Waals surface area contributed by atoms with Gasteiger partial charge >= 0.3 is 0 Å². The van der Waals surface area contributed by atoms with Crippen LogP contribution in [0.3, 0.4) is 0 Å². The van der Waals surface area contributed by atoms with Crippen LogP contribution in [0.4, 0.5) is 0 Å². The summed E-state index contributed by atoms with van der Waals surface area (Å²) in [6, 6.07) is 31.5. The van der Waals surface area contributed by atoms with Gasteiger partial charge in [-0.15, -0.1) is 6.58 Å². The highest BCUT2D eigenvalue weighted by atomic mass is 14.4. The molecular formula is C31H26. The van der Waals surface area contributed by atoms with Crippen LogP contribution in [0.5, 0.6) is 0 Å². The molecule has 0 fully saturated rings. The average Bonchev–Trinajstić information content (AvgIpc) is 3.37. The van der Waals surface area contributed by atoms with Gasteiger partial charge in [0, 0.05) is 5.41 Å². The minimum atomic E-state index is -0.109. The van der Waals surface area contributed by atoms with Crippen molar-refractivity contribution in [3.8, 4) is 22.3 Å². The van der Waals surface area contributed by atoms with Gasteiger partial charge in [0.1, 0.15) is 0 Å². The number of hydrogen-bond acceptors (Lipinski definition) is 0. The fourth-order valence-corrected chi connectivity index (χ4v) is 6.00. The van der Waals surface area contributed by atoms with E-state index < -0.39 is 0 Å². The molecule has 0 heterocycles. The summed E-state index contributed by atoms with van der Waals surface area (Å²) in [5.74, 6) is 0. The topological polar surface area (TPSA) is 0 Å². The van der Waals surface area contributed by atoms with Gasteiger partial charge in [-0.1, -0.05) is 97.9 Å². The third kappa shape index (κ3) is 2.61. The van der Waals surface area contributed by atoms with Crippen LogP contribution in [0.25, 0.3) is 22.3 Å². The van der Waals surface area contributed by atoms with Crippen LogP contribution < -0.4 is 0 Å². The molecule has 0 nitrogen and oxygen atoms in total. The first-order chi connectivity index (χ1) is 15.2. The van der Waals surface area contributed by atoms with Crippen LogP contribution in [0.2, 0.25) is 0 Å². The predicted molar refractivity (Wildman–Crippen MR) is 131 cm³/mol. The quantitative estimate of drug-likeness (QED) is 0.267. The molecular weight excluding hydrogens is 372 g/mol. The SMILES string of the molecule is C=CCC(C)(c1cccc2c1Cc1ccccc1-2)c1cccc2c1Cc1ccccc1-2. The molecule has 4 aromatic carbocycles. The lowest BCUT2D eigenvalue weighted by Crippen LogP contribution is -2.26. The molecule has 4 aromatic rings. The Kier molecular flexibility index (Phi) is 4.05. The lowest BCUT2D eigenvalue weighted by Gasteiger charge is -2.34. The highest BCUT2D eigenvalue weighted by Crippen LogP contribution is 2.49. The van der Waals surface area contributed by atoms with E-state index in [1.165, 1.54) is 55.6 Å². The maximum atomic E-state index is 4.16. The molecule has 0 aliphatic heterocycles. The van der Waals surface area contributed by atoms with E-state index in [0.717, 1.165) is 19.3 Å². The highest BCUT2D eigenvalue weighted by molar-refractivity contribution is 5.81. The van der Waals surface area contributed by atoms with Gasteiger partial charge in [0.05, 0.1) is 0 Å². The molecule has 0 spiro atoms. The fraction of sp³-hybridized carbons (Fsp3) is 0.161. The van der Waals surface area contributed by atoms with E-state index in [-0.39, 0.29) is 5.41 Å². The summed E-state index contributed by atoms with van der Waals surface area (Å²) < 4.78 is 0. The summed E-state index contributed by atoms with van der Waals surface area (Å²) in [5, 5.41) is 0. The van der Waals surface area contributed by atoms with Gasteiger partial charge in [0.2, 0.25) is 0 Å². The van der Waals surface area contributed by atoms with Crippen molar-refractivity contribution in [1.29, 1.82) is 0 Å². The van der Waals surface area contributed by atoms with E-state index >= 15 is 0 Å². The van der Waals surface area contributed by atoms with E-state index in [1.807, 2.05) is 0 Å². The van der Waals surface area contributed by atoms with Gasteiger partial charge in [-0.2, -0.15) is 0 Å². The number of hydrogen-bond donors (Lipinski definition) is 0. The van der Waals surface area contributed by atoms with Crippen molar-refractivity contribution < 1.29 is 0 Å². The third-order valence-electron chi connectivity index (χ3n) is 7.44. The second-order valence-electron chi connectivity index (χ2n) is 9.16. The van der Waals surface area contributed by atoms with Crippen molar-refractivity contribution in [2.24, 2.45) is 0 Å². The van der Waals surface area contributed by atoms with E-state index in [1.54, 1.807) is 0 Å². The summed E-state index contributed by atoms with van der Waals surface area (Å²) in [6.45, 7) is 6.59. The minimum absolute atomic E-state index is 0.109. The molecule has 2 aliphatic carbocycles. The van der Waals surface area contributed by atoms with Crippen LogP contribution >= 0.6 is 0 Å². The molecule has 0 N–H and O–H groups in total. The van der Waals surface area contributed by atoms with Gasteiger partial charge in [-0.05, 0) is 74.9 Å². The Bertz CT molecular complexity index is 1240. The molecule has 0 heteroatoms. The molecule has 31 heavy (non-hydrogen) atoms. The third-order valence-corrected chi connectivity index (χ3v) is 7.44. The lowest BCUT2D eigenvalue weighted by molar-refractivity contribution is 0.572. The maximum Gasteiger partial charge on any atom is 0.0215 e. The van der Waals surface area contributed by atoms with Crippen molar-refractivity contribution in [3.05, 3.63) is 131 Å². The first-order valence-corrected chi connectivity index (χ1v) is 11.2. The summed E-state index contributed by atoms with van der Waals surface area (Å²) >= 11 is 0. The van der Waals surface area contributed by atoms with E-state index in [2.05, 4.69) is 105 Å². The molecule has 2 aliphatic rings. The Morgan fingerprint density at radius 2 is 1.10 bits per heavy atom. The number of rotatable bonds is 4. The summed E-state index contributed by atoms with van der Waals surface area (Å²) in [5.41, 5.74) is 14.2. The molecule has 0 amide bonds. The monoisotopic (exact) mass is 398 g/mol. The fourth-order valence-electron chi connectivity index (χ4n) is 6.00. The largest absolute Gasteiger partial charge is 0.103 e. The zero-order valence-electron chi connectivity index (χ0n) is 18.0. The zero-order chi connectivity index (χ0) is 21.0. The van der Waals surface area contributed by atoms with Crippen molar-refractivity contribution in [2.75, 3.05) is 0 Å². The molecule has 0 aromatic heterocycles. The van der Waals surface area contributed by atoms with E-state index in [4.69, 9.17) is 0 Å². The van der Waals surface area contributed by atoms with Crippen molar-refractivity contribution in [1.82, 2.24) is 0 Å². The molecule has 150 valence electrons. The zero-order valence-corrected chi connectivity index (χ0v) is 18.0. The number of allylic oxidation sites excluding steroid dienone is 1. The van der Waals surface area contributed by atoms with Crippen molar-refractivity contribution in [3.63, 3.8) is 0 Å². The predicted octanol–water partition coefficient (Wildman–Crippen LogP) is 7.71. The Balaban J connectivity index is 1.57. The van der Waals surface area contributed by atoms with E-state index in [9.17, 15) is 0 Å². The first-order valence-electron chi connectivity index (χ1n) is 11.2. The summed E-state index contributed by atoms with van der Waals surface area (Å²) in [7, 11) is 0. The minimum Gasteiger partial charge on any atom is -0.103 e. The normalized spacial score (nSPS) is 13.3. The number of fused-ring (bicyclic) bond motifs is 6. The highest BCUT2D eigenvalue weighted by Gasteiger charge is 2.36. The Morgan fingerprint density at radius 3 is 1.58 bits per heavy atom. The van der Waals surface area contributed by atoms with Crippen LogP contribution in [0, 0.1) is 0 Å². The van der Waals surface area contributed by atoms with Gasteiger partial charge in [-0.25, -0.2) is 0 Å². The van der Waals surface area contributed by atoms with Crippen LogP contribution in [0.15, 0.2) is 97.6 Å². The Hall–Kier alpha value is -3.38. The average molecular weight is 399 g/mol. The molecule has 0 radical (unpaired) electrons. The molecule has 0 unspecified atom stereocenters. The van der Waals surface area contributed by atoms with Crippen LogP contribution in [-0.2, 0) is 18.3 Å². The second kappa shape index (κ2) is 6.82. The smallest absolute Gasteiger partial charge is 0.0215 e. The van der Waals surface area contributed by atoms with Crippen molar-refractivity contribution >= 4 is 0 Å². The van der Waals surface area contributed by atoms with Gasteiger partial charge in [-0.3, -0.25) is 0 Å². The van der Waals surface area contributed by atoms with Gasteiger partial charge in [0.15, 0.2) is 0 Å². The van der Waals surface area contributed by atoms with Gasteiger partial charge in [0.25, 0.3) is 0 Å². The lowest BCUT2D eigenvalue weighted by atomic mass is 9.69. The second-order valence-corrected chi connectivity index (χ2v) is 9.16. The van der Waals surface area contributed by atoms with E-state index in [0.29, 0.717) is 0 Å². The van der Waals surface area contributed by atoms with Crippen molar-refractivity contribution in [2.45, 2.75) is 31.6 Å². The maximum absolute atomic E-state index is 4.16. The van der Waals surface area contributed by atoms with Crippen LogP contribution in [0.1, 0.15) is 46.7 Å². The standard InChI is InChI=1S/C31H26/c1-3-18-31(2,29-16-8-14-25-23-12-6-4-10-21(23)19-27(25)29)30-17-9-15-26-24-13-7-5-11-22(24)20-28(26)30/h3-17H,1,18-20H2,2H3. The number of benzene rings is 4.